The molecule has 2 rings (SSSR count). The van der Waals surface area contributed by atoms with Crippen LogP contribution in [0.1, 0.15) is 42.1 Å². The molecule has 5 nitrogen and oxygen atoms in total. The van der Waals surface area contributed by atoms with E-state index >= 15 is 0 Å². The lowest BCUT2D eigenvalue weighted by Crippen LogP contribution is -2.39. The van der Waals surface area contributed by atoms with E-state index in [1.165, 1.54) is 6.07 Å². The molecule has 114 valence electrons. The molecule has 1 saturated carbocycles. The summed E-state index contributed by atoms with van der Waals surface area (Å²) in [5.74, 6) is 0.681. The van der Waals surface area contributed by atoms with Gasteiger partial charge < -0.3 is 5.32 Å². The average molecular weight is 308 g/mol. The number of para-hydroxylation sites is 1. The number of rotatable bonds is 5. The fourth-order valence-electron chi connectivity index (χ4n) is 2.84. The van der Waals surface area contributed by atoms with Crippen molar-refractivity contribution in [3.8, 4) is 0 Å². The molecule has 1 N–H and O–H groups in total. The van der Waals surface area contributed by atoms with Crippen molar-refractivity contribution < 1.29 is 9.72 Å². The summed E-state index contributed by atoms with van der Waals surface area (Å²) < 4.78 is 0. The fourth-order valence-corrected chi connectivity index (χ4v) is 4.03. The molecule has 0 unspecified atom stereocenters. The van der Waals surface area contributed by atoms with Crippen molar-refractivity contribution in [3.05, 3.63) is 39.4 Å². The highest BCUT2D eigenvalue weighted by Crippen LogP contribution is 2.31. The second-order valence-corrected chi connectivity index (χ2v) is 6.75. The van der Waals surface area contributed by atoms with E-state index in [0.29, 0.717) is 10.8 Å². The zero-order valence-electron chi connectivity index (χ0n) is 12.3. The van der Waals surface area contributed by atoms with Crippen LogP contribution in [0, 0.1) is 17.0 Å². The lowest BCUT2D eigenvalue weighted by molar-refractivity contribution is -0.385. The Morgan fingerprint density at radius 3 is 2.90 bits per heavy atom. The molecule has 0 radical (unpaired) electrons. The number of aryl methyl sites for hydroxylation is 1. The molecular weight excluding hydrogens is 288 g/mol. The van der Waals surface area contributed by atoms with Crippen molar-refractivity contribution in [2.24, 2.45) is 0 Å². The maximum atomic E-state index is 12.4. The molecule has 0 saturated heterocycles. The maximum Gasteiger partial charge on any atom is 0.285 e. The lowest BCUT2D eigenvalue weighted by atomic mass is 10.1. The number of nitrogens with one attached hydrogen (secondary N) is 1. The van der Waals surface area contributed by atoms with E-state index in [-0.39, 0.29) is 23.2 Å². The number of hydrogen-bond donors (Lipinski definition) is 1. The van der Waals surface area contributed by atoms with Gasteiger partial charge in [0.05, 0.1) is 4.92 Å². The van der Waals surface area contributed by atoms with Gasteiger partial charge in [-0.2, -0.15) is 11.8 Å². The molecular formula is C15H20N2O3S. The average Bonchev–Trinajstić information content (AvgIpc) is 2.85. The Bertz CT molecular complexity index is 548. The molecule has 1 aliphatic carbocycles. The fraction of sp³-hybridized carbons (Fsp3) is 0.533. The predicted molar refractivity (Wildman–Crippen MR) is 84.9 cm³/mol. The molecule has 0 heterocycles. The molecule has 21 heavy (non-hydrogen) atoms. The smallest absolute Gasteiger partial charge is 0.285 e. The number of amides is 1. The normalized spacial score (nSPS) is 21.2. The Kier molecular flexibility index (Phi) is 5.22. The van der Waals surface area contributed by atoms with Crippen molar-refractivity contribution in [1.29, 1.82) is 0 Å². The van der Waals surface area contributed by atoms with Crippen LogP contribution in [0.15, 0.2) is 18.2 Å². The van der Waals surface area contributed by atoms with Crippen LogP contribution < -0.4 is 5.32 Å². The second-order valence-electron chi connectivity index (χ2n) is 5.23. The zero-order chi connectivity index (χ0) is 15.4. The van der Waals surface area contributed by atoms with Crippen molar-refractivity contribution in [2.45, 2.75) is 44.4 Å². The summed E-state index contributed by atoms with van der Waals surface area (Å²) in [6, 6.07) is 4.98. The summed E-state index contributed by atoms with van der Waals surface area (Å²) in [5, 5.41) is 14.6. The first kappa shape index (κ1) is 15.8. The highest BCUT2D eigenvalue weighted by molar-refractivity contribution is 7.99. The summed E-state index contributed by atoms with van der Waals surface area (Å²) in [6.45, 7) is 3.76. The SMILES string of the molecule is CCS[C@H]1CCC[C@H]1NC(=O)c1cccc(C)c1[N+](=O)[O-]. The number of hydrogen-bond acceptors (Lipinski definition) is 4. The second kappa shape index (κ2) is 6.93. The van der Waals surface area contributed by atoms with E-state index in [0.717, 1.165) is 25.0 Å². The van der Waals surface area contributed by atoms with Crippen molar-refractivity contribution in [2.75, 3.05) is 5.75 Å². The first-order valence-electron chi connectivity index (χ1n) is 7.21. The van der Waals surface area contributed by atoms with Crippen LogP contribution in [0.5, 0.6) is 0 Å². The first-order valence-corrected chi connectivity index (χ1v) is 8.26. The van der Waals surface area contributed by atoms with Gasteiger partial charge in [-0.1, -0.05) is 25.5 Å². The van der Waals surface area contributed by atoms with Crippen molar-refractivity contribution >= 4 is 23.4 Å². The highest BCUT2D eigenvalue weighted by atomic mass is 32.2. The van der Waals surface area contributed by atoms with Crippen LogP contribution in [0.25, 0.3) is 0 Å². The minimum atomic E-state index is -0.475. The molecule has 0 bridgehead atoms. The molecule has 1 fully saturated rings. The Labute approximate surface area is 128 Å². The van der Waals surface area contributed by atoms with Gasteiger partial charge in [-0.3, -0.25) is 14.9 Å². The van der Waals surface area contributed by atoms with Crippen LogP contribution in [0.3, 0.4) is 0 Å². The minimum Gasteiger partial charge on any atom is -0.348 e. The number of nitro benzene ring substituents is 1. The van der Waals surface area contributed by atoms with Gasteiger partial charge in [0.1, 0.15) is 5.56 Å². The highest BCUT2D eigenvalue weighted by Gasteiger charge is 2.30. The van der Waals surface area contributed by atoms with Crippen LogP contribution in [0.2, 0.25) is 0 Å². The van der Waals surface area contributed by atoms with Crippen LogP contribution >= 0.6 is 11.8 Å². The van der Waals surface area contributed by atoms with E-state index in [1.54, 1.807) is 19.1 Å². The molecule has 6 heteroatoms. The summed E-state index contributed by atoms with van der Waals surface area (Å²) in [6.07, 6.45) is 3.14. The third kappa shape index (κ3) is 3.56. The molecule has 0 aromatic heterocycles. The quantitative estimate of drug-likeness (QED) is 0.669. The van der Waals surface area contributed by atoms with Gasteiger partial charge in [-0.25, -0.2) is 0 Å². The van der Waals surface area contributed by atoms with Gasteiger partial charge in [-0.05, 0) is 31.6 Å². The zero-order valence-corrected chi connectivity index (χ0v) is 13.1. The first-order chi connectivity index (χ1) is 10.0. The topological polar surface area (TPSA) is 72.2 Å². The van der Waals surface area contributed by atoms with Crippen LogP contribution in [-0.4, -0.2) is 27.9 Å². The molecule has 0 aliphatic heterocycles. The summed E-state index contributed by atoms with van der Waals surface area (Å²) >= 11 is 1.85. The van der Waals surface area contributed by atoms with E-state index in [9.17, 15) is 14.9 Å². The van der Waals surface area contributed by atoms with Gasteiger partial charge in [0.2, 0.25) is 0 Å². The third-order valence-electron chi connectivity index (χ3n) is 3.81. The Morgan fingerprint density at radius 1 is 1.48 bits per heavy atom. The Morgan fingerprint density at radius 2 is 2.24 bits per heavy atom. The van der Waals surface area contributed by atoms with Gasteiger partial charge >= 0.3 is 0 Å². The number of benzene rings is 1. The summed E-state index contributed by atoms with van der Waals surface area (Å²) in [7, 11) is 0. The van der Waals surface area contributed by atoms with Gasteiger partial charge in [-0.15, -0.1) is 0 Å². The van der Waals surface area contributed by atoms with E-state index in [1.807, 2.05) is 11.8 Å². The predicted octanol–water partition coefficient (Wildman–Crippen LogP) is 3.31. The van der Waals surface area contributed by atoms with Crippen LogP contribution in [0.4, 0.5) is 5.69 Å². The van der Waals surface area contributed by atoms with E-state index in [2.05, 4.69) is 12.2 Å². The monoisotopic (exact) mass is 308 g/mol. The molecule has 1 aromatic rings. The third-order valence-corrected chi connectivity index (χ3v) is 5.14. The maximum absolute atomic E-state index is 12.4. The standard InChI is InChI=1S/C15H20N2O3S/c1-3-21-13-9-5-8-12(13)16-15(18)11-7-4-6-10(2)14(11)17(19)20/h4,6-7,12-13H,3,5,8-9H2,1-2H3,(H,16,18)/t12-,13+/m1/s1. The number of thioether (sulfide) groups is 1. The number of nitrogens with zero attached hydrogens (tertiary/aromatic N) is 1. The molecule has 1 aliphatic rings. The van der Waals surface area contributed by atoms with Crippen molar-refractivity contribution in [1.82, 2.24) is 5.32 Å². The Hall–Kier alpha value is -1.56. The molecule has 2 atom stereocenters. The number of carbonyl (C=O) groups excluding carboxylic acids is 1. The number of carbonyl (C=O) groups is 1. The van der Waals surface area contributed by atoms with Crippen molar-refractivity contribution in [3.63, 3.8) is 0 Å². The lowest BCUT2D eigenvalue weighted by Gasteiger charge is -2.20. The van der Waals surface area contributed by atoms with Gasteiger partial charge in [0.15, 0.2) is 0 Å². The molecule has 1 amide bonds. The number of nitro groups is 1. The molecule has 0 spiro atoms. The largest absolute Gasteiger partial charge is 0.348 e. The molecule has 1 aromatic carbocycles. The summed E-state index contributed by atoms with van der Waals surface area (Å²) in [5.41, 5.74) is 0.582. The Balaban J connectivity index is 2.17. The van der Waals surface area contributed by atoms with Gasteiger partial charge in [0.25, 0.3) is 11.6 Å². The summed E-state index contributed by atoms with van der Waals surface area (Å²) in [4.78, 5) is 23.1. The minimum absolute atomic E-state index is 0.0901. The van der Waals surface area contributed by atoms with Gasteiger partial charge in [0, 0.05) is 16.9 Å². The van der Waals surface area contributed by atoms with Crippen LogP contribution in [-0.2, 0) is 0 Å². The van der Waals surface area contributed by atoms with E-state index in [4.69, 9.17) is 0 Å². The van der Waals surface area contributed by atoms with E-state index < -0.39 is 4.92 Å².